The second kappa shape index (κ2) is 4.65. The minimum atomic E-state index is 0. The normalized spacial score (nSPS) is 7.67. The summed E-state index contributed by atoms with van der Waals surface area (Å²) in [5, 5.41) is 0. The fraction of sp³-hybridized carbons (Fsp3) is 0. The van der Waals surface area contributed by atoms with Crippen LogP contribution in [0.15, 0.2) is 30.3 Å². The standard InChI is InChI=1S/C6H6BrN.ClH/c7-8-6-4-2-1-3-5-6;/h1-5,8H;1H. The third-order valence-corrected chi connectivity index (χ3v) is 1.34. The molecular formula is C6H7BrClN. The van der Waals surface area contributed by atoms with Gasteiger partial charge in [-0.25, -0.2) is 0 Å². The van der Waals surface area contributed by atoms with Gasteiger partial charge in [0.15, 0.2) is 0 Å². The molecule has 0 radical (unpaired) electrons. The van der Waals surface area contributed by atoms with Crippen molar-refractivity contribution in [3.8, 4) is 0 Å². The predicted octanol–water partition coefficient (Wildman–Crippen LogP) is 2.83. The van der Waals surface area contributed by atoms with E-state index in [9.17, 15) is 0 Å². The van der Waals surface area contributed by atoms with Crippen molar-refractivity contribution >= 4 is 34.2 Å². The number of rotatable bonds is 1. The van der Waals surface area contributed by atoms with Crippen LogP contribution in [0.3, 0.4) is 0 Å². The van der Waals surface area contributed by atoms with Gasteiger partial charge in [0.25, 0.3) is 0 Å². The molecule has 0 aliphatic heterocycles. The molecule has 1 aromatic carbocycles. The maximum absolute atomic E-state index is 3.11. The van der Waals surface area contributed by atoms with E-state index in [2.05, 4.69) is 20.5 Å². The van der Waals surface area contributed by atoms with Gasteiger partial charge >= 0.3 is 0 Å². The Bertz CT molecular complexity index is 154. The number of halogens is 2. The molecule has 1 nitrogen and oxygen atoms in total. The maximum atomic E-state index is 3.11. The molecule has 1 rings (SSSR count). The Kier molecular flexibility index (Phi) is 4.54. The predicted molar refractivity (Wildman–Crippen MR) is 46.2 cm³/mol. The van der Waals surface area contributed by atoms with Crippen molar-refractivity contribution in [2.45, 2.75) is 0 Å². The molecule has 0 aromatic heterocycles. The van der Waals surface area contributed by atoms with Crippen LogP contribution < -0.4 is 4.34 Å². The summed E-state index contributed by atoms with van der Waals surface area (Å²) in [7, 11) is 0. The van der Waals surface area contributed by atoms with Crippen LogP contribution >= 0.6 is 28.6 Å². The highest BCUT2D eigenvalue weighted by molar-refractivity contribution is 9.10. The zero-order valence-corrected chi connectivity index (χ0v) is 7.08. The van der Waals surface area contributed by atoms with Gasteiger partial charge in [-0.1, -0.05) is 18.2 Å². The van der Waals surface area contributed by atoms with Gasteiger partial charge in [0, 0.05) is 21.8 Å². The average molecular weight is 208 g/mol. The summed E-state index contributed by atoms with van der Waals surface area (Å²) in [6.07, 6.45) is 0. The van der Waals surface area contributed by atoms with Crippen LogP contribution in [-0.2, 0) is 0 Å². The van der Waals surface area contributed by atoms with E-state index in [0.717, 1.165) is 5.69 Å². The number of hydrogen-bond acceptors (Lipinski definition) is 1. The summed E-state index contributed by atoms with van der Waals surface area (Å²) in [4.78, 5) is 0. The van der Waals surface area contributed by atoms with E-state index in [4.69, 9.17) is 0 Å². The lowest BCUT2D eigenvalue weighted by atomic mass is 10.3. The third-order valence-electron chi connectivity index (χ3n) is 0.883. The highest BCUT2D eigenvalue weighted by atomic mass is 79.9. The van der Waals surface area contributed by atoms with Gasteiger partial charge < -0.3 is 4.34 Å². The SMILES string of the molecule is BrNc1ccccc1.Cl. The van der Waals surface area contributed by atoms with Crippen LogP contribution in [0, 0.1) is 0 Å². The van der Waals surface area contributed by atoms with E-state index in [0.29, 0.717) is 0 Å². The highest BCUT2D eigenvalue weighted by Gasteiger charge is 1.79. The maximum Gasteiger partial charge on any atom is 0.0465 e. The first-order valence-corrected chi connectivity index (χ1v) is 3.14. The quantitative estimate of drug-likeness (QED) is 0.700. The van der Waals surface area contributed by atoms with E-state index in [1.165, 1.54) is 0 Å². The first kappa shape index (κ1) is 8.79. The minimum Gasteiger partial charge on any atom is -0.322 e. The molecule has 0 saturated heterocycles. The fourth-order valence-electron chi connectivity index (χ4n) is 0.501. The zero-order chi connectivity index (χ0) is 5.82. The van der Waals surface area contributed by atoms with E-state index in [-0.39, 0.29) is 12.4 Å². The third kappa shape index (κ3) is 2.72. The summed E-state index contributed by atoms with van der Waals surface area (Å²) < 4.78 is 2.84. The Hall–Kier alpha value is -0.210. The van der Waals surface area contributed by atoms with Gasteiger partial charge in [-0.05, 0) is 12.1 Å². The van der Waals surface area contributed by atoms with E-state index < -0.39 is 0 Å². The summed E-state index contributed by atoms with van der Waals surface area (Å²) in [6, 6.07) is 9.89. The average Bonchev–Trinajstić information content (AvgIpc) is 1.90. The first-order chi connectivity index (χ1) is 3.93. The zero-order valence-electron chi connectivity index (χ0n) is 4.67. The van der Waals surface area contributed by atoms with Crippen molar-refractivity contribution in [3.05, 3.63) is 30.3 Å². The molecule has 9 heavy (non-hydrogen) atoms. The van der Waals surface area contributed by atoms with E-state index in [1.54, 1.807) is 0 Å². The van der Waals surface area contributed by atoms with Gasteiger partial charge in [-0.2, -0.15) is 0 Å². The van der Waals surface area contributed by atoms with Gasteiger partial charge in [0.05, 0.1) is 0 Å². The monoisotopic (exact) mass is 207 g/mol. The molecule has 3 heteroatoms. The molecule has 0 spiro atoms. The summed E-state index contributed by atoms with van der Waals surface area (Å²) in [5.74, 6) is 0. The molecule has 0 aliphatic carbocycles. The number of para-hydroxylation sites is 1. The summed E-state index contributed by atoms with van der Waals surface area (Å²) in [6.45, 7) is 0. The highest BCUT2D eigenvalue weighted by Crippen LogP contribution is 2.05. The molecule has 50 valence electrons. The molecule has 0 heterocycles. The second-order valence-electron chi connectivity index (χ2n) is 1.46. The second-order valence-corrected chi connectivity index (χ2v) is 1.86. The van der Waals surface area contributed by atoms with E-state index in [1.807, 2.05) is 30.3 Å². The van der Waals surface area contributed by atoms with Crippen molar-refractivity contribution in [1.82, 2.24) is 0 Å². The Morgan fingerprint density at radius 1 is 1.11 bits per heavy atom. The van der Waals surface area contributed by atoms with Crippen LogP contribution in [0.4, 0.5) is 5.69 Å². The van der Waals surface area contributed by atoms with Crippen molar-refractivity contribution in [1.29, 1.82) is 0 Å². The smallest absolute Gasteiger partial charge is 0.0465 e. The molecule has 0 amide bonds. The van der Waals surface area contributed by atoms with E-state index >= 15 is 0 Å². The molecule has 0 fully saturated rings. The molecule has 0 aliphatic rings. The lowest BCUT2D eigenvalue weighted by Crippen LogP contribution is -1.74. The topological polar surface area (TPSA) is 12.0 Å². The van der Waals surface area contributed by atoms with Crippen LogP contribution in [0.1, 0.15) is 0 Å². The molecule has 0 unspecified atom stereocenters. The Labute approximate surface area is 69.2 Å². The molecular weight excluding hydrogens is 201 g/mol. The Morgan fingerprint density at radius 3 is 2.00 bits per heavy atom. The number of hydrogen-bond donors (Lipinski definition) is 1. The fourth-order valence-corrected chi connectivity index (χ4v) is 0.765. The summed E-state index contributed by atoms with van der Waals surface area (Å²) in [5.41, 5.74) is 1.08. The summed E-state index contributed by atoms with van der Waals surface area (Å²) >= 11 is 3.11. The minimum absolute atomic E-state index is 0. The Morgan fingerprint density at radius 2 is 1.67 bits per heavy atom. The molecule has 1 N–H and O–H groups in total. The van der Waals surface area contributed by atoms with Crippen LogP contribution in [0.25, 0.3) is 0 Å². The van der Waals surface area contributed by atoms with Crippen molar-refractivity contribution in [2.75, 3.05) is 4.34 Å². The molecule has 0 bridgehead atoms. The van der Waals surface area contributed by atoms with Gasteiger partial charge in [-0.15, -0.1) is 12.4 Å². The van der Waals surface area contributed by atoms with Crippen LogP contribution in [0.5, 0.6) is 0 Å². The molecule has 1 aromatic rings. The van der Waals surface area contributed by atoms with Crippen LogP contribution in [0.2, 0.25) is 0 Å². The largest absolute Gasteiger partial charge is 0.322 e. The van der Waals surface area contributed by atoms with Gasteiger partial charge in [-0.3, -0.25) is 0 Å². The first-order valence-electron chi connectivity index (χ1n) is 2.35. The van der Waals surface area contributed by atoms with Crippen LogP contribution in [-0.4, -0.2) is 0 Å². The lowest BCUT2D eigenvalue weighted by molar-refractivity contribution is 1.69. The van der Waals surface area contributed by atoms with Gasteiger partial charge in [0.1, 0.15) is 0 Å². The Balaban J connectivity index is 0.000000640. The number of benzene rings is 1. The van der Waals surface area contributed by atoms with Gasteiger partial charge in [0.2, 0.25) is 0 Å². The van der Waals surface area contributed by atoms with Crippen molar-refractivity contribution < 1.29 is 0 Å². The van der Waals surface area contributed by atoms with Crippen molar-refractivity contribution in [2.24, 2.45) is 0 Å². The van der Waals surface area contributed by atoms with Crippen molar-refractivity contribution in [3.63, 3.8) is 0 Å². The lowest BCUT2D eigenvalue weighted by Gasteiger charge is -1.91. The number of anilines is 1. The number of nitrogens with one attached hydrogen (secondary N) is 1. The molecule has 0 atom stereocenters. The molecule has 0 saturated carbocycles.